The number of aliphatic hydroxyl groups excluding tert-OH is 1. The molecule has 1 N–H and O–H groups in total. The van der Waals surface area contributed by atoms with Crippen molar-refractivity contribution in [2.75, 3.05) is 13.2 Å². The molecule has 1 amide bonds. The fourth-order valence-electron chi connectivity index (χ4n) is 4.93. The Bertz CT molecular complexity index is 1110. The monoisotopic (exact) mass is 437 g/mol. The van der Waals surface area contributed by atoms with Gasteiger partial charge in [-0.2, -0.15) is 0 Å². The van der Waals surface area contributed by atoms with Crippen LogP contribution in [0.1, 0.15) is 49.3 Å². The Morgan fingerprint density at radius 2 is 1.69 bits per heavy atom. The number of ketones is 1. The van der Waals surface area contributed by atoms with Gasteiger partial charge in [0.15, 0.2) is 11.5 Å². The van der Waals surface area contributed by atoms with E-state index in [0.29, 0.717) is 30.3 Å². The summed E-state index contributed by atoms with van der Waals surface area (Å²) in [4.78, 5) is 27.8. The lowest BCUT2D eigenvalue weighted by Crippen LogP contribution is -2.40. The summed E-state index contributed by atoms with van der Waals surface area (Å²) in [6, 6.07) is 9.79. The van der Waals surface area contributed by atoms with Gasteiger partial charge in [-0.15, -0.1) is 0 Å². The van der Waals surface area contributed by atoms with Crippen LogP contribution in [0.25, 0.3) is 5.76 Å². The molecular weight excluding hydrogens is 413 g/mol. The van der Waals surface area contributed by atoms with Crippen molar-refractivity contribution in [1.29, 1.82) is 0 Å². The van der Waals surface area contributed by atoms with Crippen LogP contribution in [0.2, 0.25) is 0 Å². The quantitative estimate of drug-likeness (QED) is 0.439. The number of carbonyl (C=O) groups is 2. The summed E-state index contributed by atoms with van der Waals surface area (Å²) in [7, 11) is 0. The van der Waals surface area contributed by atoms with Crippen molar-refractivity contribution in [3.05, 3.63) is 65.0 Å². The lowest BCUT2D eigenvalue weighted by Gasteiger charge is -2.35. The number of hydrogen-bond acceptors (Lipinski definition) is 5. The number of Topliss-reactive ketones (excluding diaryl/α,β-unsaturated/α-hetero) is 1. The van der Waals surface area contributed by atoms with Crippen LogP contribution in [0.5, 0.6) is 11.5 Å². The summed E-state index contributed by atoms with van der Waals surface area (Å²) in [5.41, 5.74) is 0.427. The molecule has 2 heterocycles. The first-order valence-corrected chi connectivity index (χ1v) is 11.0. The lowest BCUT2D eigenvalue weighted by atomic mass is 9.90. The Morgan fingerprint density at radius 1 is 0.969 bits per heavy atom. The molecule has 2 aromatic carbocycles. The third-order valence-electron chi connectivity index (χ3n) is 6.46. The number of nitrogens with zero attached hydrogens (tertiary/aromatic N) is 1. The zero-order chi connectivity index (χ0) is 22.2. The molecule has 5 rings (SSSR count). The van der Waals surface area contributed by atoms with Crippen molar-refractivity contribution in [3.63, 3.8) is 0 Å². The lowest BCUT2D eigenvalue weighted by molar-refractivity contribution is -0.141. The van der Waals surface area contributed by atoms with Crippen molar-refractivity contribution in [3.8, 4) is 11.5 Å². The van der Waals surface area contributed by atoms with Crippen LogP contribution in [-0.4, -0.2) is 41.0 Å². The molecule has 0 spiro atoms. The van der Waals surface area contributed by atoms with E-state index >= 15 is 0 Å². The number of halogens is 1. The number of hydrogen-bond donors (Lipinski definition) is 1. The Labute approximate surface area is 185 Å². The predicted molar refractivity (Wildman–Crippen MR) is 115 cm³/mol. The van der Waals surface area contributed by atoms with Gasteiger partial charge in [0.25, 0.3) is 11.7 Å². The molecule has 6 nitrogen and oxygen atoms in total. The van der Waals surface area contributed by atoms with Crippen molar-refractivity contribution >= 4 is 17.4 Å². The second kappa shape index (κ2) is 8.30. The van der Waals surface area contributed by atoms with Crippen molar-refractivity contribution in [2.45, 2.75) is 44.2 Å². The number of carbonyl (C=O) groups excluding carboxylic acids is 2. The minimum atomic E-state index is -0.979. The van der Waals surface area contributed by atoms with Gasteiger partial charge in [-0.3, -0.25) is 9.59 Å². The molecule has 1 saturated carbocycles. The molecule has 1 unspecified atom stereocenters. The molecule has 1 aliphatic carbocycles. The smallest absolute Gasteiger partial charge is 0.295 e. The molecule has 0 aromatic heterocycles. The molecule has 2 aromatic rings. The highest BCUT2D eigenvalue weighted by atomic mass is 19.1. The summed E-state index contributed by atoms with van der Waals surface area (Å²) in [5.74, 6) is -1.36. The Morgan fingerprint density at radius 3 is 2.44 bits per heavy atom. The molecule has 0 radical (unpaired) electrons. The molecule has 2 aliphatic heterocycles. The number of rotatable bonds is 3. The normalized spacial score (nSPS) is 22.9. The van der Waals surface area contributed by atoms with Gasteiger partial charge in [-0.1, -0.05) is 37.5 Å². The summed E-state index contributed by atoms with van der Waals surface area (Å²) in [6.07, 6.45) is 4.46. The molecule has 2 fully saturated rings. The fourth-order valence-corrected chi connectivity index (χ4v) is 4.93. The van der Waals surface area contributed by atoms with Crippen LogP contribution in [0.3, 0.4) is 0 Å². The topological polar surface area (TPSA) is 76.1 Å². The standard InChI is InChI=1S/C25H24FNO5/c26-18-9-5-4-8-17(18)22-21(24(29)25(30)27(22)16-6-2-1-3-7-16)23(28)15-10-11-19-20(14-15)32-13-12-31-19/h4-5,8-11,14,16,22,28H,1-3,6-7,12-13H2/b23-21+. The van der Waals surface area contributed by atoms with Crippen LogP contribution >= 0.6 is 0 Å². The third kappa shape index (κ3) is 3.42. The van der Waals surface area contributed by atoms with Gasteiger partial charge in [0.2, 0.25) is 0 Å². The van der Waals surface area contributed by atoms with E-state index < -0.39 is 23.5 Å². The number of likely N-dealkylation sites (tertiary alicyclic amines) is 1. The van der Waals surface area contributed by atoms with Crippen molar-refractivity contribution in [2.24, 2.45) is 0 Å². The van der Waals surface area contributed by atoms with Gasteiger partial charge >= 0.3 is 0 Å². The van der Waals surface area contributed by atoms with Crippen LogP contribution < -0.4 is 9.47 Å². The highest BCUT2D eigenvalue weighted by Crippen LogP contribution is 2.44. The van der Waals surface area contributed by atoms with E-state index in [0.717, 1.165) is 32.1 Å². The molecular formula is C25H24FNO5. The number of fused-ring (bicyclic) bond motifs is 1. The van der Waals surface area contributed by atoms with Gasteiger partial charge in [0.05, 0.1) is 11.6 Å². The fraction of sp³-hybridized carbons (Fsp3) is 0.360. The second-order valence-corrected chi connectivity index (χ2v) is 8.38. The number of aliphatic hydroxyl groups is 1. The first-order valence-electron chi connectivity index (χ1n) is 11.0. The van der Waals surface area contributed by atoms with Gasteiger partial charge in [0.1, 0.15) is 24.8 Å². The first kappa shape index (κ1) is 20.5. The molecule has 32 heavy (non-hydrogen) atoms. The summed E-state index contributed by atoms with van der Waals surface area (Å²) >= 11 is 0. The maximum atomic E-state index is 14.9. The van der Waals surface area contributed by atoms with E-state index in [-0.39, 0.29) is 22.9 Å². The zero-order valence-corrected chi connectivity index (χ0v) is 17.6. The molecule has 7 heteroatoms. The van der Waals surface area contributed by atoms with Gasteiger partial charge in [0, 0.05) is 17.2 Å². The van der Waals surface area contributed by atoms with E-state index in [1.165, 1.54) is 11.0 Å². The van der Waals surface area contributed by atoms with Crippen molar-refractivity contribution in [1.82, 2.24) is 4.90 Å². The summed E-state index contributed by atoms with van der Waals surface area (Å²) in [6.45, 7) is 0.802. The van der Waals surface area contributed by atoms with Gasteiger partial charge < -0.3 is 19.5 Å². The highest BCUT2D eigenvalue weighted by molar-refractivity contribution is 6.46. The van der Waals surface area contributed by atoms with Crippen LogP contribution in [0.15, 0.2) is 48.0 Å². The molecule has 1 atom stereocenters. The maximum absolute atomic E-state index is 14.9. The average Bonchev–Trinajstić information content (AvgIpc) is 3.09. The predicted octanol–water partition coefficient (Wildman–Crippen LogP) is 4.35. The summed E-state index contributed by atoms with van der Waals surface area (Å²) < 4.78 is 26.0. The molecule has 3 aliphatic rings. The SMILES string of the molecule is O=C1C(=O)N(C2CCCCC2)C(c2ccccc2F)/C1=C(\O)c1ccc2c(c1)OCCO2. The van der Waals surface area contributed by atoms with E-state index in [2.05, 4.69) is 0 Å². The summed E-state index contributed by atoms with van der Waals surface area (Å²) in [5, 5.41) is 11.2. The number of amides is 1. The maximum Gasteiger partial charge on any atom is 0.295 e. The minimum absolute atomic E-state index is 0.0950. The van der Waals surface area contributed by atoms with E-state index in [9.17, 15) is 19.1 Å². The third-order valence-corrected chi connectivity index (χ3v) is 6.46. The van der Waals surface area contributed by atoms with Crippen LogP contribution in [-0.2, 0) is 9.59 Å². The van der Waals surface area contributed by atoms with E-state index in [1.807, 2.05) is 0 Å². The Hall–Kier alpha value is -3.35. The van der Waals surface area contributed by atoms with Gasteiger partial charge in [-0.25, -0.2) is 4.39 Å². The minimum Gasteiger partial charge on any atom is -0.507 e. The van der Waals surface area contributed by atoms with Gasteiger partial charge in [-0.05, 0) is 37.1 Å². The number of benzene rings is 2. The van der Waals surface area contributed by atoms with E-state index in [4.69, 9.17) is 9.47 Å². The second-order valence-electron chi connectivity index (χ2n) is 8.38. The Balaban J connectivity index is 1.65. The molecule has 1 saturated heterocycles. The molecule has 166 valence electrons. The first-order chi connectivity index (χ1) is 15.6. The number of ether oxygens (including phenoxy) is 2. The highest BCUT2D eigenvalue weighted by Gasteiger charge is 2.49. The Kier molecular flexibility index (Phi) is 5.33. The zero-order valence-electron chi connectivity index (χ0n) is 17.6. The molecule has 0 bridgehead atoms. The van der Waals surface area contributed by atoms with Crippen LogP contribution in [0.4, 0.5) is 4.39 Å². The average molecular weight is 437 g/mol. The van der Waals surface area contributed by atoms with Crippen LogP contribution in [0, 0.1) is 5.82 Å². The van der Waals surface area contributed by atoms with Crippen molar-refractivity contribution < 1.29 is 28.6 Å². The largest absolute Gasteiger partial charge is 0.507 e. The van der Waals surface area contributed by atoms with E-state index in [1.54, 1.807) is 36.4 Å².